The lowest BCUT2D eigenvalue weighted by atomic mass is 10.1. The molecule has 0 spiro atoms. The first-order valence-electron chi connectivity index (χ1n) is 5.31. The van der Waals surface area contributed by atoms with Crippen molar-refractivity contribution in [3.63, 3.8) is 0 Å². The van der Waals surface area contributed by atoms with Crippen LogP contribution >= 0.6 is 0 Å². The zero-order valence-corrected chi connectivity index (χ0v) is 8.80. The highest BCUT2D eigenvalue weighted by molar-refractivity contribution is 5.45. The molecule has 0 atom stereocenters. The van der Waals surface area contributed by atoms with Gasteiger partial charge < -0.3 is 10.8 Å². The van der Waals surface area contributed by atoms with Gasteiger partial charge in [-0.05, 0) is 25.0 Å². The molecule has 1 aliphatic carbocycles. The standard InChI is InChI=1S/C12H13N3O/c13-12(5-6-12)9-7-14-15(8-9)10-3-1-2-4-11(10)16/h1-4,7-8,16H,5-6,13H2. The van der Waals surface area contributed by atoms with Gasteiger partial charge in [0.15, 0.2) is 0 Å². The van der Waals surface area contributed by atoms with Crippen molar-refractivity contribution in [1.82, 2.24) is 9.78 Å². The molecule has 1 fully saturated rings. The van der Waals surface area contributed by atoms with Crippen molar-refractivity contribution in [2.75, 3.05) is 0 Å². The molecule has 3 rings (SSSR count). The third-order valence-corrected chi connectivity index (χ3v) is 3.07. The number of aromatic nitrogens is 2. The molecule has 0 unspecified atom stereocenters. The van der Waals surface area contributed by atoms with E-state index in [1.807, 2.05) is 18.3 Å². The van der Waals surface area contributed by atoms with Gasteiger partial charge in [-0.15, -0.1) is 0 Å². The van der Waals surface area contributed by atoms with Gasteiger partial charge in [-0.2, -0.15) is 5.10 Å². The summed E-state index contributed by atoms with van der Waals surface area (Å²) in [7, 11) is 0. The Kier molecular flexibility index (Phi) is 1.82. The van der Waals surface area contributed by atoms with E-state index in [-0.39, 0.29) is 11.3 Å². The van der Waals surface area contributed by atoms with Gasteiger partial charge in [-0.3, -0.25) is 0 Å². The van der Waals surface area contributed by atoms with Gasteiger partial charge in [0.25, 0.3) is 0 Å². The van der Waals surface area contributed by atoms with E-state index in [1.165, 1.54) is 0 Å². The molecule has 0 aliphatic heterocycles. The van der Waals surface area contributed by atoms with Crippen LogP contribution in [0, 0.1) is 0 Å². The zero-order valence-electron chi connectivity index (χ0n) is 8.80. The van der Waals surface area contributed by atoms with Crippen LogP contribution < -0.4 is 5.73 Å². The van der Waals surface area contributed by atoms with Crippen molar-refractivity contribution in [3.05, 3.63) is 42.2 Å². The lowest BCUT2D eigenvalue weighted by Gasteiger charge is -2.05. The summed E-state index contributed by atoms with van der Waals surface area (Å²) in [6, 6.07) is 7.12. The SMILES string of the molecule is NC1(c2cnn(-c3ccccc3O)c2)CC1. The summed E-state index contributed by atoms with van der Waals surface area (Å²) in [6.45, 7) is 0. The number of benzene rings is 1. The molecular weight excluding hydrogens is 202 g/mol. The summed E-state index contributed by atoms with van der Waals surface area (Å²) < 4.78 is 1.66. The molecule has 0 radical (unpaired) electrons. The van der Waals surface area contributed by atoms with Crippen molar-refractivity contribution in [3.8, 4) is 11.4 Å². The van der Waals surface area contributed by atoms with Crippen LogP contribution in [0.4, 0.5) is 0 Å². The molecule has 3 N–H and O–H groups in total. The van der Waals surface area contributed by atoms with E-state index >= 15 is 0 Å². The normalized spacial score (nSPS) is 17.3. The van der Waals surface area contributed by atoms with Crippen molar-refractivity contribution >= 4 is 0 Å². The van der Waals surface area contributed by atoms with Gasteiger partial charge in [0.05, 0.1) is 6.20 Å². The second kappa shape index (κ2) is 3.09. The summed E-state index contributed by atoms with van der Waals surface area (Å²) >= 11 is 0. The molecule has 1 aliphatic rings. The van der Waals surface area contributed by atoms with E-state index < -0.39 is 0 Å². The molecular formula is C12H13N3O. The molecule has 1 aromatic heterocycles. The van der Waals surface area contributed by atoms with Crippen LogP contribution in [-0.2, 0) is 5.54 Å². The number of phenols is 1. The van der Waals surface area contributed by atoms with E-state index in [2.05, 4.69) is 5.10 Å². The Labute approximate surface area is 93.3 Å². The average molecular weight is 215 g/mol. The number of hydrogen-bond donors (Lipinski definition) is 2. The fraction of sp³-hybridized carbons (Fsp3) is 0.250. The van der Waals surface area contributed by atoms with Crippen LogP contribution in [0.5, 0.6) is 5.75 Å². The summed E-state index contributed by atoms with van der Waals surface area (Å²) in [5.41, 5.74) is 7.62. The minimum atomic E-state index is -0.178. The number of nitrogens with two attached hydrogens (primary N) is 1. The molecule has 4 heteroatoms. The van der Waals surface area contributed by atoms with E-state index in [4.69, 9.17) is 5.73 Å². The largest absolute Gasteiger partial charge is 0.506 e. The first kappa shape index (κ1) is 9.42. The Morgan fingerprint density at radius 3 is 2.75 bits per heavy atom. The van der Waals surface area contributed by atoms with Gasteiger partial charge >= 0.3 is 0 Å². The molecule has 16 heavy (non-hydrogen) atoms. The third-order valence-electron chi connectivity index (χ3n) is 3.07. The highest BCUT2D eigenvalue weighted by Crippen LogP contribution is 2.42. The van der Waals surface area contributed by atoms with Crippen LogP contribution in [0.3, 0.4) is 0 Å². The van der Waals surface area contributed by atoms with Crippen LogP contribution in [0.1, 0.15) is 18.4 Å². The smallest absolute Gasteiger partial charge is 0.141 e. The summed E-state index contributed by atoms with van der Waals surface area (Å²) in [4.78, 5) is 0. The molecule has 1 saturated carbocycles. The van der Waals surface area contributed by atoms with Crippen LogP contribution in [0.15, 0.2) is 36.7 Å². The number of aromatic hydroxyl groups is 1. The lowest BCUT2D eigenvalue weighted by molar-refractivity contribution is 0.470. The summed E-state index contributed by atoms with van der Waals surface area (Å²) in [6.07, 6.45) is 5.69. The topological polar surface area (TPSA) is 64.1 Å². The fourth-order valence-electron chi connectivity index (χ4n) is 1.79. The van der Waals surface area contributed by atoms with E-state index in [0.29, 0.717) is 5.69 Å². The van der Waals surface area contributed by atoms with Crippen LogP contribution in [0.2, 0.25) is 0 Å². The Morgan fingerprint density at radius 2 is 2.06 bits per heavy atom. The minimum Gasteiger partial charge on any atom is -0.506 e. The van der Waals surface area contributed by atoms with Gasteiger partial charge in [-0.25, -0.2) is 4.68 Å². The lowest BCUT2D eigenvalue weighted by Crippen LogP contribution is -2.17. The molecule has 0 saturated heterocycles. The molecule has 1 aromatic carbocycles. The van der Waals surface area contributed by atoms with Gasteiger partial charge in [0.2, 0.25) is 0 Å². The maximum Gasteiger partial charge on any atom is 0.141 e. The number of para-hydroxylation sites is 2. The monoisotopic (exact) mass is 215 g/mol. The number of rotatable bonds is 2. The summed E-state index contributed by atoms with van der Waals surface area (Å²) in [5.74, 6) is 0.221. The second-order valence-corrected chi connectivity index (χ2v) is 4.32. The molecule has 0 amide bonds. The van der Waals surface area contributed by atoms with E-state index in [1.54, 1.807) is 23.0 Å². The maximum atomic E-state index is 9.70. The van der Waals surface area contributed by atoms with Gasteiger partial charge in [-0.1, -0.05) is 12.1 Å². The Hall–Kier alpha value is -1.81. The minimum absolute atomic E-state index is 0.178. The fourth-order valence-corrected chi connectivity index (χ4v) is 1.79. The highest BCUT2D eigenvalue weighted by Gasteiger charge is 2.41. The second-order valence-electron chi connectivity index (χ2n) is 4.32. The first-order valence-corrected chi connectivity index (χ1v) is 5.31. The number of phenolic OH excluding ortho intramolecular Hbond substituents is 1. The van der Waals surface area contributed by atoms with Crippen LogP contribution in [-0.4, -0.2) is 14.9 Å². The Morgan fingerprint density at radius 1 is 1.31 bits per heavy atom. The average Bonchev–Trinajstić information content (AvgIpc) is 2.84. The Bertz CT molecular complexity index is 529. The zero-order chi connectivity index (χ0) is 11.2. The molecule has 1 heterocycles. The van der Waals surface area contributed by atoms with Gasteiger partial charge in [0, 0.05) is 17.3 Å². The molecule has 4 nitrogen and oxygen atoms in total. The van der Waals surface area contributed by atoms with Crippen LogP contribution in [0.25, 0.3) is 5.69 Å². The van der Waals surface area contributed by atoms with Crippen molar-refractivity contribution in [2.24, 2.45) is 5.73 Å². The number of nitrogens with zero attached hydrogens (tertiary/aromatic N) is 2. The molecule has 82 valence electrons. The van der Waals surface area contributed by atoms with E-state index in [9.17, 15) is 5.11 Å². The van der Waals surface area contributed by atoms with Crippen molar-refractivity contribution in [1.29, 1.82) is 0 Å². The molecule has 2 aromatic rings. The Balaban J connectivity index is 2.02. The number of hydrogen-bond acceptors (Lipinski definition) is 3. The van der Waals surface area contributed by atoms with Crippen molar-refractivity contribution in [2.45, 2.75) is 18.4 Å². The van der Waals surface area contributed by atoms with E-state index in [0.717, 1.165) is 18.4 Å². The molecule has 0 bridgehead atoms. The quantitative estimate of drug-likeness (QED) is 0.798. The predicted octanol–water partition coefficient (Wildman–Crippen LogP) is 1.53. The highest BCUT2D eigenvalue weighted by atomic mass is 16.3. The van der Waals surface area contributed by atoms with Crippen molar-refractivity contribution < 1.29 is 5.11 Å². The predicted molar refractivity (Wildman–Crippen MR) is 60.3 cm³/mol. The summed E-state index contributed by atoms with van der Waals surface area (Å²) in [5, 5.41) is 13.9. The maximum absolute atomic E-state index is 9.70. The van der Waals surface area contributed by atoms with Gasteiger partial charge in [0.1, 0.15) is 11.4 Å². The third kappa shape index (κ3) is 1.39. The first-order chi connectivity index (χ1) is 7.69.